The third kappa shape index (κ3) is 6.39. The quantitative estimate of drug-likeness (QED) is 0.690. The van der Waals surface area contributed by atoms with Gasteiger partial charge in [0.15, 0.2) is 0 Å². The Labute approximate surface area is 117 Å². The Morgan fingerprint density at radius 1 is 1.42 bits per heavy atom. The monoisotopic (exact) mass is 270 g/mol. The fourth-order valence-electron chi connectivity index (χ4n) is 2.59. The lowest BCUT2D eigenvalue weighted by atomic mass is 9.78. The number of amides is 1. The van der Waals surface area contributed by atoms with E-state index in [1.807, 2.05) is 13.8 Å². The third-order valence-corrected chi connectivity index (χ3v) is 4.22. The van der Waals surface area contributed by atoms with E-state index in [4.69, 9.17) is 5.73 Å². The van der Waals surface area contributed by atoms with Crippen molar-refractivity contribution < 1.29 is 9.90 Å². The Balaban J connectivity index is 2.26. The lowest BCUT2D eigenvalue weighted by Crippen LogP contribution is -2.45. The second-order valence-electron chi connectivity index (χ2n) is 6.84. The van der Waals surface area contributed by atoms with E-state index >= 15 is 0 Å². The maximum absolute atomic E-state index is 11.7. The van der Waals surface area contributed by atoms with Gasteiger partial charge in [0.2, 0.25) is 5.91 Å². The fraction of sp³-hybridized carbons (Fsp3) is 0.933. The van der Waals surface area contributed by atoms with Gasteiger partial charge in [0.25, 0.3) is 0 Å². The lowest BCUT2D eigenvalue weighted by Gasteiger charge is -2.36. The smallest absolute Gasteiger partial charge is 0.220 e. The van der Waals surface area contributed by atoms with Gasteiger partial charge >= 0.3 is 0 Å². The van der Waals surface area contributed by atoms with Gasteiger partial charge in [-0.2, -0.15) is 0 Å². The van der Waals surface area contributed by atoms with Crippen LogP contribution in [0.25, 0.3) is 0 Å². The van der Waals surface area contributed by atoms with Crippen LogP contribution >= 0.6 is 0 Å². The zero-order valence-electron chi connectivity index (χ0n) is 12.7. The minimum atomic E-state index is -0.695. The van der Waals surface area contributed by atoms with E-state index in [1.54, 1.807) is 0 Å². The van der Waals surface area contributed by atoms with Crippen LogP contribution in [0, 0.1) is 5.92 Å². The van der Waals surface area contributed by atoms with Gasteiger partial charge in [0.05, 0.1) is 5.60 Å². The van der Waals surface area contributed by atoms with Crippen LogP contribution in [0.2, 0.25) is 0 Å². The van der Waals surface area contributed by atoms with Crippen LogP contribution in [-0.4, -0.2) is 28.7 Å². The first-order valence-electron chi connectivity index (χ1n) is 7.52. The van der Waals surface area contributed by atoms with E-state index < -0.39 is 5.60 Å². The number of hydrogen-bond donors (Lipinski definition) is 3. The van der Waals surface area contributed by atoms with Gasteiger partial charge in [-0.3, -0.25) is 4.79 Å². The minimum absolute atomic E-state index is 0.00966. The van der Waals surface area contributed by atoms with Crippen LogP contribution in [0.1, 0.15) is 65.7 Å². The van der Waals surface area contributed by atoms with Crippen LogP contribution < -0.4 is 11.1 Å². The van der Waals surface area contributed by atoms with E-state index in [0.717, 1.165) is 31.6 Å². The highest BCUT2D eigenvalue weighted by Gasteiger charge is 2.32. The number of carbonyl (C=O) groups is 1. The van der Waals surface area contributed by atoms with E-state index in [-0.39, 0.29) is 11.4 Å². The first-order valence-corrected chi connectivity index (χ1v) is 7.52. The summed E-state index contributed by atoms with van der Waals surface area (Å²) in [6.07, 6.45) is 6.01. The molecule has 0 bridgehead atoms. The Hall–Kier alpha value is -0.610. The Morgan fingerprint density at radius 2 is 2.00 bits per heavy atom. The Bertz CT molecular complexity index is 289. The van der Waals surface area contributed by atoms with Crippen molar-refractivity contribution in [3.63, 3.8) is 0 Å². The molecule has 1 rings (SSSR count). The first-order chi connectivity index (χ1) is 8.74. The normalized spacial score (nSPS) is 28.2. The molecule has 1 amide bonds. The number of nitrogens with one attached hydrogen (secondary N) is 1. The average molecular weight is 270 g/mol. The van der Waals surface area contributed by atoms with Crippen molar-refractivity contribution in [2.24, 2.45) is 11.7 Å². The predicted molar refractivity (Wildman–Crippen MR) is 77.7 cm³/mol. The predicted octanol–water partition coefficient (Wildman–Crippen LogP) is 1.95. The van der Waals surface area contributed by atoms with Gasteiger partial charge in [-0.1, -0.05) is 13.3 Å². The zero-order valence-corrected chi connectivity index (χ0v) is 12.7. The first kappa shape index (κ1) is 16.4. The number of rotatable bonds is 6. The van der Waals surface area contributed by atoms with Gasteiger partial charge in [-0.15, -0.1) is 0 Å². The molecule has 19 heavy (non-hydrogen) atoms. The summed E-state index contributed by atoms with van der Waals surface area (Å²) in [5.74, 6) is 0.735. The van der Waals surface area contributed by atoms with E-state index in [9.17, 15) is 9.90 Å². The molecule has 0 aromatic rings. The molecule has 4 nitrogen and oxygen atoms in total. The lowest BCUT2D eigenvalue weighted by molar-refractivity contribution is -0.123. The molecule has 112 valence electrons. The standard InChI is InChI=1S/C15H30N2O2/c1-4-12-5-9-15(19,10-6-12)11-17-13(18)7-8-14(2,3)16/h12,19H,4-11,16H2,1-3H3,(H,17,18). The SMILES string of the molecule is CCC1CCC(O)(CNC(=O)CCC(C)(C)N)CC1. The van der Waals surface area contributed by atoms with Crippen molar-refractivity contribution in [1.29, 1.82) is 0 Å². The van der Waals surface area contributed by atoms with E-state index in [0.29, 0.717) is 19.4 Å². The van der Waals surface area contributed by atoms with Crippen molar-refractivity contribution in [3.8, 4) is 0 Å². The molecule has 4 heteroatoms. The fourth-order valence-corrected chi connectivity index (χ4v) is 2.59. The highest BCUT2D eigenvalue weighted by molar-refractivity contribution is 5.76. The molecule has 1 fully saturated rings. The molecule has 0 aliphatic heterocycles. The maximum atomic E-state index is 11.7. The second-order valence-corrected chi connectivity index (χ2v) is 6.84. The largest absolute Gasteiger partial charge is 0.388 e. The number of aliphatic hydroxyl groups is 1. The van der Waals surface area contributed by atoms with Crippen molar-refractivity contribution >= 4 is 5.91 Å². The summed E-state index contributed by atoms with van der Waals surface area (Å²) < 4.78 is 0. The van der Waals surface area contributed by atoms with Crippen LogP contribution in [-0.2, 0) is 4.79 Å². The average Bonchev–Trinajstić information content (AvgIpc) is 2.34. The van der Waals surface area contributed by atoms with Crippen LogP contribution in [0.4, 0.5) is 0 Å². The molecule has 0 radical (unpaired) electrons. The van der Waals surface area contributed by atoms with Gasteiger partial charge in [0, 0.05) is 18.5 Å². The summed E-state index contributed by atoms with van der Waals surface area (Å²) in [6.45, 7) is 6.42. The number of hydrogen-bond acceptors (Lipinski definition) is 3. The molecule has 0 saturated heterocycles. The molecule has 0 spiro atoms. The highest BCUT2D eigenvalue weighted by atomic mass is 16.3. The van der Waals surface area contributed by atoms with Gasteiger partial charge in [-0.25, -0.2) is 0 Å². The van der Waals surface area contributed by atoms with Crippen molar-refractivity contribution in [1.82, 2.24) is 5.32 Å². The summed E-state index contributed by atoms with van der Waals surface area (Å²) in [5.41, 5.74) is 4.84. The molecule has 0 unspecified atom stereocenters. The van der Waals surface area contributed by atoms with Crippen molar-refractivity contribution in [3.05, 3.63) is 0 Å². The van der Waals surface area contributed by atoms with E-state index in [1.165, 1.54) is 6.42 Å². The molecule has 4 N–H and O–H groups in total. The summed E-state index contributed by atoms with van der Waals surface area (Å²) in [6, 6.07) is 0. The molecule has 1 saturated carbocycles. The highest BCUT2D eigenvalue weighted by Crippen LogP contribution is 2.33. The van der Waals surface area contributed by atoms with E-state index in [2.05, 4.69) is 12.2 Å². The van der Waals surface area contributed by atoms with Crippen LogP contribution in [0.3, 0.4) is 0 Å². The third-order valence-electron chi connectivity index (χ3n) is 4.22. The van der Waals surface area contributed by atoms with Gasteiger partial charge in [-0.05, 0) is 51.9 Å². The summed E-state index contributed by atoms with van der Waals surface area (Å²) in [7, 11) is 0. The van der Waals surface area contributed by atoms with Gasteiger partial charge in [0.1, 0.15) is 0 Å². The van der Waals surface area contributed by atoms with Crippen LogP contribution in [0.15, 0.2) is 0 Å². The molecule has 1 aliphatic carbocycles. The molecule has 1 aliphatic rings. The molecule has 0 aromatic heterocycles. The Morgan fingerprint density at radius 3 is 2.47 bits per heavy atom. The topological polar surface area (TPSA) is 75.3 Å². The summed E-state index contributed by atoms with van der Waals surface area (Å²) in [5, 5.41) is 13.3. The molecule has 0 atom stereocenters. The molecular formula is C15H30N2O2. The second kappa shape index (κ2) is 6.71. The molecular weight excluding hydrogens is 240 g/mol. The summed E-state index contributed by atoms with van der Waals surface area (Å²) in [4.78, 5) is 11.7. The van der Waals surface area contributed by atoms with Crippen molar-refractivity contribution in [2.45, 2.75) is 76.9 Å². The zero-order chi connectivity index (χ0) is 14.5. The number of carbonyl (C=O) groups excluding carboxylic acids is 1. The molecule has 0 aromatic carbocycles. The maximum Gasteiger partial charge on any atom is 0.220 e. The Kier molecular flexibility index (Phi) is 5.81. The minimum Gasteiger partial charge on any atom is -0.388 e. The van der Waals surface area contributed by atoms with Crippen LogP contribution in [0.5, 0.6) is 0 Å². The number of nitrogens with two attached hydrogens (primary N) is 1. The van der Waals surface area contributed by atoms with Crippen molar-refractivity contribution in [2.75, 3.05) is 6.54 Å². The van der Waals surface area contributed by atoms with Gasteiger partial charge < -0.3 is 16.2 Å². The summed E-state index contributed by atoms with van der Waals surface area (Å²) >= 11 is 0. The molecule has 0 heterocycles.